The number of benzene rings is 3. The lowest BCUT2D eigenvalue weighted by molar-refractivity contribution is -0.704. The standard InChI is InChI=1S/C25H28N2O3/c1-18(25(28)26-17-19-14-15-22(29-2)23(16-19)30-3)27-24(20-10-6-4-7-11-20)21-12-8-5-9-13-21/h4-16,18,24,27H,17H2,1-3H3,(H,26,28)/p+1/t18-/m0/s1. The summed E-state index contributed by atoms with van der Waals surface area (Å²) in [6.45, 7) is 2.36. The normalized spacial score (nSPS) is 11.7. The molecule has 1 amide bonds. The molecule has 3 aromatic carbocycles. The van der Waals surface area contributed by atoms with Gasteiger partial charge >= 0.3 is 0 Å². The summed E-state index contributed by atoms with van der Waals surface area (Å²) in [5, 5.41) is 5.14. The molecule has 5 nitrogen and oxygen atoms in total. The lowest BCUT2D eigenvalue weighted by atomic mass is 9.98. The van der Waals surface area contributed by atoms with Gasteiger partial charge in [0.15, 0.2) is 17.5 Å². The Morgan fingerprint density at radius 1 is 0.867 bits per heavy atom. The molecule has 0 fully saturated rings. The van der Waals surface area contributed by atoms with Crippen LogP contribution in [0.4, 0.5) is 0 Å². The van der Waals surface area contributed by atoms with Crippen molar-refractivity contribution in [2.24, 2.45) is 0 Å². The zero-order valence-corrected chi connectivity index (χ0v) is 17.7. The number of carbonyl (C=O) groups is 1. The molecule has 0 saturated carbocycles. The van der Waals surface area contributed by atoms with Crippen LogP contribution in [0.3, 0.4) is 0 Å². The fraction of sp³-hybridized carbons (Fsp3) is 0.240. The third-order valence-corrected chi connectivity index (χ3v) is 5.13. The Morgan fingerprint density at radius 3 is 1.97 bits per heavy atom. The number of rotatable bonds is 9. The number of ether oxygens (including phenoxy) is 2. The van der Waals surface area contributed by atoms with Gasteiger partial charge in [0.05, 0.1) is 14.2 Å². The third kappa shape index (κ3) is 5.39. The summed E-state index contributed by atoms with van der Waals surface area (Å²) in [5.41, 5.74) is 3.29. The molecule has 156 valence electrons. The summed E-state index contributed by atoms with van der Waals surface area (Å²) in [4.78, 5) is 12.8. The molecule has 5 heteroatoms. The van der Waals surface area contributed by atoms with Gasteiger partial charge in [-0.2, -0.15) is 0 Å². The van der Waals surface area contributed by atoms with E-state index in [1.807, 2.05) is 61.5 Å². The lowest BCUT2D eigenvalue weighted by Crippen LogP contribution is -2.92. The Bertz CT molecular complexity index is 906. The summed E-state index contributed by atoms with van der Waals surface area (Å²) >= 11 is 0. The first-order valence-corrected chi connectivity index (χ1v) is 10.1. The zero-order valence-electron chi connectivity index (χ0n) is 17.7. The molecule has 0 aliphatic heterocycles. The number of nitrogens with two attached hydrogens (primary N) is 1. The Morgan fingerprint density at radius 2 is 1.43 bits per heavy atom. The average Bonchev–Trinajstić information content (AvgIpc) is 2.81. The smallest absolute Gasteiger partial charge is 0.278 e. The summed E-state index contributed by atoms with van der Waals surface area (Å²) < 4.78 is 10.6. The van der Waals surface area contributed by atoms with E-state index in [4.69, 9.17) is 9.47 Å². The van der Waals surface area contributed by atoms with E-state index in [1.54, 1.807) is 14.2 Å². The molecular formula is C25H29N2O3+. The van der Waals surface area contributed by atoms with Crippen LogP contribution in [0, 0.1) is 0 Å². The predicted molar refractivity (Wildman–Crippen MR) is 118 cm³/mol. The van der Waals surface area contributed by atoms with Gasteiger partial charge in [-0.15, -0.1) is 0 Å². The zero-order chi connectivity index (χ0) is 21.3. The van der Waals surface area contributed by atoms with Crippen LogP contribution >= 0.6 is 0 Å². The minimum atomic E-state index is -0.254. The van der Waals surface area contributed by atoms with E-state index in [1.165, 1.54) is 11.1 Å². The molecule has 0 aliphatic carbocycles. The van der Waals surface area contributed by atoms with Crippen molar-refractivity contribution < 1.29 is 19.6 Å². The molecular weight excluding hydrogens is 376 g/mol. The molecule has 0 aliphatic rings. The van der Waals surface area contributed by atoms with Crippen LogP contribution in [0.2, 0.25) is 0 Å². The maximum absolute atomic E-state index is 12.8. The van der Waals surface area contributed by atoms with E-state index < -0.39 is 0 Å². The topological polar surface area (TPSA) is 64.2 Å². The van der Waals surface area contributed by atoms with Crippen molar-refractivity contribution >= 4 is 5.91 Å². The number of hydrogen-bond donors (Lipinski definition) is 2. The van der Waals surface area contributed by atoms with E-state index in [2.05, 4.69) is 34.9 Å². The molecule has 0 spiro atoms. The highest BCUT2D eigenvalue weighted by Gasteiger charge is 2.24. The van der Waals surface area contributed by atoms with Crippen molar-refractivity contribution in [1.82, 2.24) is 5.32 Å². The van der Waals surface area contributed by atoms with E-state index in [9.17, 15) is 4.79 Å². The van der Waals surface area contributed by atoms with Crippen molar-refractivity contribution in [3.05, 3.63) is 95.6 Å². The maximum Gasteiger partial charge on any atom is 0.278 e. The van der Waals surface area contributed by atoms with Crippen molar-refractivity contribution in [1.29, 1.82) is 0 Å². The maximum atomic E-state index is 12.8. The van der Waals surface area contributed by atoms with Crippen molar-refractivity contribution in [3.8, 4) is 11.5 Å². The number of methoxy groups -OCH3 is 2. The minimum Gasteiger partial charge on any atom is -0.493 e. The van der Waals surface area contributed by atoms with Gasteiger partial charge < -0.3 is 20.1 Å². The van der Waals surface area contributed by atoms with Gasteiger partial charge in [0.2, 0.25) is 0 Å². The fourth-order valence-corrected chi connectivity index (χ4v) is 3.45. The van der Waals surface area contributed by atoms with Crippen LogP contribution in [0.15, 0.2) is 78.9 Å². The van der Waals surface area contributed by atoms with Gasteiger partial charge in [-0.3, -0.25) is 4.79 Å². The molecule has 3 aromatic rings. The molecule has 0 saturated heterocycles. The van der Waals surface area contributed by atoms with Gasteiger partial charge in [0, 0.05) is 17.7 Å². The van der Waals surface area contributed by atoms with Gasteiger partial charge in [0.1, 0.15) is 6.04 Å². The van der Waals surface area contributed by atoms with Crippen LogP contribution in [0.25, 0.3) is 0 Å². The lowest BCUT2D eigenvalue weighted by Gasteiger charge is -2.21. The summed E-state index contributed by atoms with van der Waals surface area (Å²) in [7, 11) is 3.21. The summed E-state index contributed by atoms with van der Waals surface area (Å²) in [6.07, 6.45) is 0. The first-order chi connectivity index (χ1) is 14.6. The number of hydrogen-bond acceptors (Lipinski definition) is 3. The highest BCUT2D eigenvalue weighted by Crippen LogP contribution is 2.27. The van der Waals surface area contributed by atoms with Gasteiger partial charge in [-0.25, -0.2) is 0 Å². The van der Waals surface area contributed by atoms with Gasteiger partial charge in [-0.05, 0) is 24.6 Å². The molecule has 0 bridgehead atoms. The Balaban J connectivity index is 1.67. The molecule has 0 aromatic heterocycles. The molecule has 3 N–H and O–H groups in total. The first kappa shape index (κ1) is 21.4. The quantitative estimate of drug-likeness (QED) is 0.575. The molecule has 0 radical (unpaired) electrons. The Labute approximate surface area is 178 Å². The fourth-order valence-electron chi connectivity index (χ4n) is 3.45. The van der Waals surface area contributed by atoms with Crippen LogP contribution in [-0.4, -0.2) is 26.2 Å². The highest BCUT2D eigenvalue weighted by atomic mass is 16.5. The van der Waals surface area contributed by atoms with Crippen LogP contribution < -0.4 is 20.1 Å². The molecule has 1 atom stereocenters. The number of amides is 1. The van der Waals surface area contributed by atoms with E-state index in [0.717, 1.165) is 5.56 Å². The third-order valence-electron chi connectivity index (χ3n) is 5.13. The molecule has 30 heavy (non-hydrogen) atoms. The predicted octanol–water partition coefficient (Wildman–Crippen LogP) is 3.06. The van der Waals surface area contributed by atoms with Crippen LogP contribution in [-0.2, 0) is 11.3 Å². The number of carbonyl (C=O) groups excluding carboxylic acids is 1. The van der Waals surface area contributed by atoms with Crippen LogP contribution in [0.5, 0.6) is 11.5 Å². The summed E-state index contributed by atoms with van der Waals surface area (Å²) in [6, 6.07) is 26.0. The first-order valence-electron chi connectivity index (χ1n) is 10.1. The van der Waals surface area contributed by atoms with Gasteiger partial charge in [-0.1, -0.05) is 66.7 Å². The number of quaternary nitrogens is 1. The van der Waals surface area contributed by atoms with E-state index in [0.29, 0.717) is 18.0 Å². The van der Waals surface area contributed by atoms with Gasteiger partial charge in [0.25, 0.3) is 5.91 Å². The van der Waals surface area contributed by atoms with Crippen LogP contribution in [0.1, 0.15) is 29.7 Å². The second-order valence-electron chi connectivity index (χ2n) is 7.19. The second-order valence-corrected chi connectivity index (χ2v) is 7.19. The molecule has 3 rings (SSSR count). The van der Waals surface area contributed by atoms with E-state index in [-0.39, 0.29) is 18.0 Å². The average molecular weight is 406 g/mol. The summed E-state index contributed by atoms with van der Waals surface area (Å²) in [5.74, 6) is 1.31. The Kier molecular flexibility index (Phi) is 7.46. The largest absolute Gasteiger partial charge is 0.493 e. The highest BCUT2D eigenvalue weighted by molar-refractivity contribution is 5.79. The van der Waals surface area contributed by atoms with Crippen molar-refractivity contribution in [3.63, 3.8) is 0 Å². The van der Waals surface area contributed by atoms with E-state index >= 15 is 0 Å². The SMILES string of the molecule is COc1ccc(CNC(=O)[C@H](C)[NH2+]C(c2ccccc2)c2ccccc2)cc1OC. The van der Waals surface area contributed by atoms with Crippen molar-refractivity contribution in [2.75, 3.05) is 14.2 Å². The monoisotopic (exact) mass is 405 g/mol. The number of nitrogens with one attached hydrogen (secondary N) is 1. The Hall–Kier alpha value is -3.31. The molecule has 0 heterocycles. The van der Waals surface area contributed by atoms with Crippen molar-refractivity contribution in [2.45, 2.75) is 25.6 Å². The second kappa shape index (κ2) is 10.5. The molecule has 0 unspecified atom stereocenters. The minimum absolute atomic E-state index is 0.0124.